The number of nitrogens with two attached hydrogens (primary N) is 1. The molecule has 2 unspecified atom stereocenters. The highest BCUT2D eigenvalue weighted by Gasteiger charge is 2.43. The SMILES string of the molecule is CCOC(=O)C1=C(COCCN[C@@H](CC(N)=O)C(=O)O)N=C(C)C(C(=O)OC)C1c1ccccc1Cl. The van der Waals surface area contributed by atoms with Gasteiger partial charge in [-0.25, -0.2) is 4.79 Å². The first-order valence-electron chi connectivity index (χ1n) is 11.2. The number of carboxylic acids is 1. The molecule has 0 spiro atoms. The van der Waals surface area contributed by atoms with Crippen molar-refractivity contribution in [2.24, 2.45) is 16.6 Å². The van der Waals surface area contributed by atoms with Gasteiger partial charge in [0.1, 0.15) is 12.0 Å². The van der Waals surface area contributed by atoms with Crippen LogP contribution in [0.4, 0.5) is 0 Å². The van der Waals surface area contributed by atoms with Gasteiger partial charge in [-0.2, -0.15) is 0 Å². The van der Waals surface area contributed by atoms with E-state index in [9.17, 15) is 24.3 Å². The zero-order valence-corrected chi connectivity index (χ0v) is 21.0. The predicted molar refractivity (Wildman–Crippen MR) is 131 cm³/mol. The number of benzene rings is 1. The Morgan fingerprint density at radius 2 is 1.94 bits per heavy atom. The number of amides is 1. The summed E-state index contributed by atoms with van der Waals surface area (Å²) in [7, 11) is 1.25. The predicted octanol–water partition coefficient (Wildman–Crippen LogP) is 1.44. The fourth-order valence-electron chi connectivity index (χ4n) is 3.91. The molecule has 12 heteroatoms. The van der Waals surface area contributed by atoms with E-state index in [0.717, 1.165) is 0 Å². The molecule has 11 nitrogen and oxygen atoms in total. The first-order chi connectivity index (χ1) is 17.1. The van der Waals surface area contributed by atoms with Gasteiger partial charge in [-0.15, -0.1) is 0 Å². The number of aliphatic carboxylic acids is 1. The number of carbonyl (C=O) groups excluding carboxylic acids is 3. The average Bonchev–Trinajstić information content (AvgIpc) is 2.82. The van der Waals surface area contributed by atoms with Gasteiger partial charge in [-0.05, 0) is 25.5 Å². The summed E-state index contributed by atoms with van der Waals surface area (Å²) in [6, 6.07) is 5.69. The second-order valence-electron chi connectivity index (χ2n) is 7.90. The van der Waals surface area contributed by atoms with Crippen LogP contribution in [0, 0.1) is 5.92 Å². The molecule has 36 heavy (non-hydrogen) atoms. The number of hydrogen-bond acceptors (Lipinski definition) is 9. The van der Waals surface area contributed by atoms with Crippen LogP contribution in [-0.4, -0.2) is 74.2 Å². The van der Waals surface area contributed by atoms with Crippen molar-refractivity contribution in [3.05, 3.63) is 46.1 Å². The molecule has 4 N–H and O–H groups in total. The number of ether oxygens (including phenoxy) is 3. The van der Waals surface area contributed by atoms with E-state index in [1.807, 2.05) is 0 Å². The van der Waals surface area contributed by atoms with Crippen molar-refractivity contribution in [2.45, 2.75) is 32.2 Å². The summed E-state index contributed by atoms with van der Waals surface area (Å²) in [4.78, 5) is 52.6. The summed E-state index contributed by atoms with van der Waals surface area (Å²) in [5.74, 6) is -4.96. The van der Waals surface area contributed by atoms with Gasteiger partial charge in [-0.3, -0.25) is 19.4 Å². The molecule has 0 fully saturated rings. The molecule has 2 rings (SSSR count). The lowest BCUT2D eigenvalue weighted by molar-refractivity contribution is -0.144. The normalized spacial score (nSPS) is 18.3. The van der Waals surface area contributed by atoms with E-state index in [0.29, 0.717) is 16.3 Å². The van der Waals surface area contributed by atoms with Gasteiger partial charge in [0.15, 0.2) is 0 Å². The minimum absolute atomic E-state index is 0.0356. The van der Waals surface area contributed by atoms with Crippen LogP contribution in [0.2, 0.25) is 5.02 Å². The zero-order valence-electron chi connectivity index (χ0n) is 20.3. The van der Waals surface area contributed by atoms with Crippen LogP contribution in [-0.2, 0) is 33.4 Å². The van der Waals surface area contributed by atoms with Crippen LogP contribution in [0.25, 0.3) is 0 Å². The van der Waals surface area contributed by atoms with E-state index < -0.39 is 41.7 Å². The Hall–Kier alpha value is -3.28. The lowest BCUT2D eigenvalue weighted by Crippen LogP contribution is -2.41. The number of primary amides is 1. The molecular weight excluding hydrogens is 494 g/mol. The maximum atomic E-state index is 13.1. The second kappa shape index (κ2) is 13.7. The van der Waals surface area contributed by atoms with E-state index in [4.69, 9.17) is 31.5 Å². The number of methoxy groups -OCH3 is 1. The van der Waals surface area contributed by atoms with Crippen LogP contribution < -0.4 is 11.1 Å². The molecule has 0 radical (unpaired) electrons. The van der Waals surface area contributed by atoms with Gasteiger partial charge in [0.05, 0.1) is 44.6 Å². The quantitative estimate of drug-likeness (QED) is 0.256. The molecular formula is C24H30ClN3O8. The van der Waals surface area contributed by atoms with E-state index in [-0.39, 0.29) is 44.1 Å². The number of carboxylic acid groups (broad SMARTS) is 1. The Morgan fingerprint density at radius 1 is 1.25 bits per heavy atom. The highest BCUT2D eigenvalue weighted by molar-refractivity contribution is 6.31. The molecule has 3 atom stereocenters. The van der Waals surface area contributed by atoms with E-state index >= 15 is 0 Å². The molecule has 0 saturated carbocycles. The molecule has 1 aromatic rings. The van der Waals surface area contributed by atoms with Gasteiger partial charge in [0.2, 0.25) is 5.91 Å². The Bertz CT molecular complexity index is 1060. The number of carbonyl (C=O) groups is 4. The minimum atomic E-state index is -1.22. The van der Waals surface area contributed by atoms with Crippen LogP contribution in [0.15, 0.2) is 40.5 Å². The number of rotatable bonds is 13. The van der Waals surface area contributed by atoms with Crippen LogP contribution in [0.1, 0.15) is 31.7 Å². The second-order valence-corrected chi connectivity index (χ2v) is 8.31. The smallest absolute Gasteiger partial charge is 0.336 e. The first kappa shape index (κ1) is 29.0. The van der Waals surface area contributed by atoms with Gasteiger partial charge < -0.3 is 30.4 Å². The first-order valence-corrected chi connectivity index (χ1v) is 11.6. The van der Waals surface area contributed by atoms with E-state index in [2.05, 4.69) is 10.3 Å². The average molecular weight is 524 g/mol. The third kappa shape index (κ3) is 7.36. The standard InChI is InChI=1S/C24H30ClN3O8/c1-4-36-24(33)21-17(12-35-10-9-27-16(22(30)31)11-18(26)29)28-13(2)19(23(32)34-3)20(21)14-7-5-6-8-15(14)25/h5-8,16,19-20,27H,4,9-12H2,1-3H3,(H2,26,29)(H,30,31)/t16-,19?,20?/m0/s1. The maximum Gasteiger partial charge on any atom is 0.336 e. The fraction of sp³-hybridized carbons (Fsp3) is 0.458. The summed E-state index contributed by atoms with van der Waals surface area (Å²) < 4.78 is 15.9. The van der Waals surface area contributed by atoms with Crippen molar-refractivity contribution in [1.29, 1.82) is 0 Å². The minimum Gasteiger partial charge on any atom is -0.480 e. The van der Waals surface area contributed by atoms with Gasteiger partial charge in [-0.1, -0.05) is 29.8 Å². The number of nitrogens with zero attached hydrogens (tertiary/aromatic N) is 1. The highest BCUT2D eigenvalue weighted by Crippen LogP contribution is 2.42. The van der Waals surface area contributed by atoms with Crippen molar-refractivity contribution >= 4 is 41.1 Å². The van der Waals surface area contributed by atoms with Crippen LogP contribution in [0.3, 0.4) is 0 Å². The summed E-state index contributed by atoms with van der Waals surface area (Å²) in [6.07, 6.45) is -0.370. The number of nitrogens with one attached hydrogen (secondary N) is 1. The fourth-order valence-corrected chi connectivity index (χ4v) is 4.17. The third-order valence-electron chi connectivity index (χ3n) is 5.49. The topological polar surface area (TPSA) is 167 Å². The van der Waals surface area contributed by atoms with Crippen molar-refractivity contribution < 1.29 is 38.5 Å². The number of hydrogen-bond donors (Lipinski definition) is 3. The molecule has 1 aromatic carbocycles. The van der Waals surface area contributed by atoms with E-state index in [1.165, 1.54) is 7.11 Å². The van der Waals surface area contributed by atoms with Crippen LogP contribution in [0.5, 0.6) is 0 Å². The summed E-state index contributed by atoms with van der Waals surface area (Å²) >= 11 is 6.46. The monoisotopic (exact) mass is 523 g/mol. The Kier molecular flexibility index (Phi) is 11.0. The van der Waals surface area contributed by atoms with Crippen LogP contribution >= 0.6 is 11.6 Å². The lowest BCUT2D eigenvalue weighted by Gasteiger charge is -2.32. The molecule has 0 aliphatic carbocycles. The lowest BCUT2D eigenvalue weighted by atomic mass is 9.75. The van der Waals surface area contributed by atoms with Gasteiger partial charge in [0, 0.05) is 23.2 Å². The van der Waals surface area contributed by atoms with E-state index in [1.54, 1.807) is 38.1 Å². The Labute approximate surface area is 213 Å². The Balaban J connectivity index is 2.35. The number of halogens is 1. The molecule has 0 bridgehead atoms. The van der Waals surface area contributed by atoms with Crippen molar-refractivity contribution in [3.8, 4) is 0 Å². The number of esters is 2. The molecule has 1 aliphatic heterocycles. The van der Waals surface area contributed by atoms with Gasteiger partial charge >= 0.3 is 17.9 Å². The molecule has 196 valence electrons. The molecule has 0 saturated heterocycles. The molecule has 0 aromatic heterocycles. The summed E-state index contributed by atoms with van der Waals surface area (Å²) in [6.45, 7) is 3.40. The summed E-state index contributed by atoms with van der Waals surface area (Å²) in [5.41, 5.74) is 6.38. The Morgan fingerprint density at radius 3 is 2.53 bits per heavy atom. The third-order valence-corrected chi connectivity index (χ3v) is 5.83. The molecule has 1 aliphatic rings. The van der Waals surface area contributed by atoms with Crippen molar-refractivity contribution in [1.82, 2.24) is 5.32 Å². The zero-order chi connectivity index (χ0) is 26.8. The molecule has 1 heterocycles. The van der Waals surface area contributed by atoms with Gasteiger partial charge in [0.25, 0.3) is 0 Å². The highest BCUT2D eigenvalue weighted by atomic mass is 35.5. The molecule has 1 amide bonds. The summed E-state index contributed by atoms with van der Waals surface area (Å²) in [5, 5.41) is 12.2. The number of aliphatic imine (C=N–C) groups is 1. The largest absolute Gasteiger partial charge is 0.480 e. The van der Waals surface area contributed by atoms with Crippen molar-refractivity contribution in [2.75, 3.05) is 33.5 Å². The maximum absolute atomic E-state index is 13.1. The van der Waals surface area contributed by atoms with Crippen molar-refractivity contribution in [3.63, 3.8) is 0 Å².